The second-order valence-corrected chi connectivity index (χ2v) is 12.4. The van der Waals surface area contributed by atoms with Gasteiger partial charge in [-0.3, -0.25) is 0 Å². The van der Waals surface area contributed by atoms with Gasteiger partial charge >= 0.3 is 0 Å². The van der Waals surface area contributed by atoms with Gasteiger partial charge in [0.2, 0.25) is 0 Å². The molecule has 2 nitrogen and oxygen atoms in total. The van der Waals surface area contributed by atoms with Gasteiger partial charge in [0.25, 0.3) is 0 Å². The summed E-state index contributed by atoms with van der Waals surface area (Å²) in [6.07, 6.45) is 2.12. The van der Waals surface area contributed by atoms with Crippen molar-refractivity contribution in [3.63, 3.8) is 0 Å². The van der Waals surface area contributed by atoms with Crippen molar-refractivity contribution in [3.8, 4) is 33.6 Å². The van der Waals surface area contributed by atoms with Crippen molar-refractivity contribution < 1.29 is 22.8 Å². The fraction of sp³-hybridized carbons (Fsp3) is 0.190. The molecule has 0 saturated carbocycles. The summed E-state index contributed by atoms with van der Waals surface area (Å²) < 4.78 is 16.9. The number of benzene rings is 4. The zero-order chi connectivity index (χ0) is 32.8. The number of pyridine rings is 2. The fourth-order valence-corrected chi connectivity index (χ4v) is 5.02. The van der Waals surface area contributed by atoms with Crippen molar-refractivity contribution in [3.05, 3.63) is 169 Å². The van der Waals surface area contributed by atoms with E-state index in [0.717, 1.165) is 33.6 Å². The van der Waals surface area contributed by atoms with E-state index in [1.165, 1.54) is 11.1 Å². The molecule has 0 N–H and O–H groups in total. The number of hydrogen-bond donors (Lipinski definition) is 0. The molecule has 0 spiro atoms. The molecule has 0 amide bonds. The SMILES string of the molecule is CC(C)(c1ccccc1)c1ccnc(-c2[c-]cccc2)c1.[2H]C([2H])(c1ccnc(-c2[c-]cc(-c3ccccc3)cc2)c1)C(C)(C)C.[Ir]. The molecule has 2 heterocycles. The summed E-state index contributed by atoms with van der Waals surface area (Å²) >= 11 is 0. The fourth-order valence-electron chi connectivity index (χ4n) is 5.02. The minimum absolute atomic E-state index is 0. The quantitative estimate of drug-likeness (QED) is 0.158. The van der Waals surface area contributed by atoms with Crippen LogP contribution >= 0.6 is 0 Å². The average Bonchev–Trinajstić information content (AvgIpc) is 3.09. The minimum Gasteiger partial charge on any atom is -0.305 e. The number of rotatable bonds is 6. The maximum Gasteiger partial charge on any atom is 0.0321 e. The first-order chi connectivity index (χ1) is 22.0. The molecule has 0 atom stereocenters. The predicted molar refractivity (Wildman–Crippen MR) is 184 cm³/mol. The molecule has 6 aromatic rings. The third-order valence-electron chi connectivity index (χ3n) is 7.44. The second kappa shape index (κ2) is 15.2. The summed E-state index contributed by atoms with van der Waals surface area (Å²) in [6, 6.07) is 49.1. The molecule has 45 heavy (non-hydrogen) atoms. The van der Waals surface area contributed by atoms with Crippen LogP contribution in [0.1, 0.15) is 54.1 Å². The molecule has 6 rings (SSSR count). The monoisotopic (exact) mass is 767 g/mol. The van der Waals surface area contributed by atoms with Crippen LogP contribution in [0, 0.1) is 17.5 Å². The van der Waals surface area contributed by atoms with E-state index in [1.807, 2.05) is 93.7 Å². The molecular weight excluding hydrogens is 725 g/mol. The van der Waals surface area contributed by atoms with Crippen LogP contribution in [0.25, 0.3) is 33.6 Å². The Bertz CT molecular complexity index is 1850. The van der Waals surface area contributed by atoms with Crippen molar-refractivity contribution in [2.45, 2.75) is 46.4 Å². The summed E-state index contributed by atoms with van der Waals surface area (Å²) in [4.78, 5) is 8.90. The molecule has 0 fully saturated rings. The van der Waals surface area contributed by atoms with Gasteiger partial charge in [0, 0.05) is 40.7 Å². The van der Waals surface area contributed by atoms with Gasteiger partial charge in [-0.15, -0.1) is 65.7 Å². The van der Waals surface area contributed by atoms with Gasteiger partial charge < -0.3 is 9.97 Å². The van der Waals surface area contributed by atoms with Crippen LogP contribution in [-0.4, -0.2) is 9.97 Å². The van der Waals surface area contributed by atoms with Crippen molar-refractivity contribution >= 4 is 0 Å². The van der Waals surface area contributed by atoms with Crippen LogP contribution in [0.5, 0.6) is 0 Å². The Morgan fingerprint density at radius 3 is 1.84 bits per heavy atom. The molecule has 0 saturated heterocycles. The summed E-state index contributed by atoms with van der Waals surface area (Å²) in [5, 5.41) is 0. The van der Waals surface area contributed by atoms with Gasteiger partial charge in [-0.25, -0.2) is 0 Å². The van der Waals surface area contributed by atoms with Crippen LogP contribution in [0.4, 0.5) is 0 Å². The maximum atomic E-state index is 8.45. The first kappa shape index (κ1) is 30.8. The van der Waals surface area contributed by atoms with E-state index in [1.54, 1.807) is 12.3 Å². The Kier molecular flexibility index (Phi) is 10.4. The van der Waals surface area contributed by atoms with E-state index in [2.05, 4.69) is 90.5 Å². The minimum atomic E-state index is -1.44. The zero-order valence-electron chi connectivity index (χ0n) is 28.5. The van der Waals surface area contributed by atoms with E-state index in [9.17, 15) is 0 Å². The summed E-state index contributed by atoms with van der Waals surface area (Å²) in [5.74, 6) is 0. The molecule has 0 aliphatic carbocycles. The third kappa shape index (κ3) is 9.17. The summed E-state index contributed by atoms with van der Waals surface area (Å²) in [5.41, 5.74) is 8.53. The Hall–Kier alpha value is -4.17. The van der Waals surface area contributed by atoms with E-state index >= 15 is 0 Å². The van der Waals surface area contributed by atoms with E-state index < -0.39 is 11.8 Å². The van der Waals surface area contributed by atoms with E-state index in [4.69, 9.17) is 2.74 Å². The van der Waals surface area contributed by atoms with Gasteiger partial charge in [-0.2, -0.15) is 0 Å². The summed E-state index contributed by atoms with van der Waals surface area (Å²) in [6.45, 7) is 10.2. The van der Waals surface area contributed by atoms with Crippen LogP contribution in [-0.2, 0) is 31.9 Å². The van der Waals surface area contributed by atoms with Crippen molar-refractivity contribution in [2.24, 2.45) is 5.41 Å². The molecule has 229 valence electrons. The normalized spacial score (nSPS) is 12.1. The van der Waals surface area contributed by atoms with Gasteiger partial charge in [0.1, 0.15) is 0 Å². The Morgan fingerprint density at radius 1 is 0.600 bits per heavy atom. The van der Waals surface area contributed by atoms with Gasteiger partial charge in [0.15, 0.2) is 0 Å². The van der Waals surface area contributed by atoms with E-state index in [0.29, 0.717) is 5.56 Å². The molecule has 3 heteroatoms. The van der Waals surface area contributed by atoms with Crippen LogP contribution < -0.4 is 0 Å². The number of nitrogens with zero attached hydrogens (tertiary/aromatic N) is 2. The standard InChI is InChI=1S/C22H22N.C20H18N.Ir/c1-22(2,3)16-17-13-14-23-21(15-17)20-11-9-19(10-12-20)18-7-5-4-6-8-18;1-20(2,17-11-7-4-8-12-17)18-13-14-21-19(15-18)16-9-5-3-6-10-16;/h4-11,13-15H,16H2,1-3H3;3-9,11-15H,1-2H3;/q2*-1;/i16D2;;. The topological polar surface area (TPSA) is 25.8 Å². The largest absolute Gasteiger partial charge is 0.305 e. The molecule has 0 aliphatic heterocycles. The maximum absolute atomic E-state index is 8.45. The van der Waals surface area contributed by atoms with Crippen molar-refractivity contribution in [1.29, 1.82) is 0 Å². The first-order valence-electron chi connectivity index (χ1n) is 16.0. The molecule has 0 aliphatic rings. The number of aromatic nitrogens is 2. The molecule has 1 radical (unpaired) electrons. The third-order valence-corrected chi connectivity index (χ3v) is 7.44. The first-order valence-corrected chi connectivity index (χ1v) is 15.0. The van der Waals surface area contributed by atoms with Crippen molar-refractivity contribution in [1.82, 2.24) is 9.97 Å². The molecule has 2 aromatic heterocycles. The Morgan fingerprint density at radius 2 is 1.22 bits per heavy atom. The molecule has 0 unspecified atom stereocenters. The second-order valence-electron chi connectivity index (χ2n) is 12.4. The van der Waals surface area contributed by atoms with E-state index in [-0.39, 0.29) is 25.5 Å². The Labute approximate surface area is 285 Å². The smallest absolute Gasteiger partial charge is 0.0321 e. The number of hydrogen-bond acceptors (Lipinski definition) is 2. The zero-order valence-corrected chi connectivity index (χ0v) is 28.9. The average molecular weight is 767 g/mol. The van der Waals surface area contributed by atoms with Gasteiger partial charge in [-0.1, -0.05) is 124 Å². The van der Waals surface area contributed by atoms with Crippen molar-refractivity contribution in [2.75, 3.05) is 0 Å². The van der Waals surface area contributed by atoms with Crippen LogP contribution in [0.3, 0.4) is 0 Å². The summed E-state index contributed by atoms with van der Waals surface area (Å²) in [7, 11) is 0. The van der Waals surface area contributed by atoms with Crippen LogP contribution in [0.2, 0.25) is 0 Å². The van der Waals surface area contributed by atoms with Gasteiger partial charge in [0.05, 0.1) is 0 Å². The molecular formula is C42H40IrN2-2. The predicted octanol–water partition coefficient (Wildman–Crippen LogP) is 10.7. The van der Waals surface area contributed by atoms with Crippen LogP contribution in [0.15, 0.2) is 140 Å². The Balaban J connectivity index is 0.000000211. The molecule has 4 aromatic carbocycles. The van der Waals surface area contributed by atoms with Gasteiger partial charge in [-0.05, 0) is 46.4 Å². The molecule has 0 bridgehead atoms.